The molecule has 0 fully saturated rings. The Labute approximate surface area is 152 Å². The zero-order valence-electron chi connectivity index (χ0n) is 13.3. The summed E-state index contributed by atoms with van der Waals surface area (Å²) in [6.07, 6.45) is 0. The lowest BCUT2D eigenvalue weighted by atomic mass is 10.1. The van der Waals surface area contributed by atoms with Gasteiger partial charge in [-0.25, -0.2) is 4.98 Å². The highest BCUT2D eigenvalue weighted by Crippen LogP contribution is 2.31. The molecule has 0 unspecified atom stereocenters. The first-order chi connectivity index (χ1) is 12.1. The lowest BCUT2D eigenvalue weighted by Gasteiger charge is -2.05. The molecule has 0 spiro atoms. The van der Waals surface area contributed by atoms with E-state index in [-0.39, 0.29) is 23.0 Å². The van der Waals surface area contributed by atoms with Crippen LogP contribution in [0.2, 0.25) is 0 Å². The highest BCUT2D eigenvalue weighted by atomic mass is 32.2. The van der Waals surface area contributed by atoms with Crippen molar-refractivity contribution in [2.75, 3.05) is 12.4 Å². The largest absolute Gasteiger partial charge is 0.487 e. The van der Waals surface area contributed by atoms with Crippen LogP contribution >= 0.6 is 23.1 Å². The molecule has 0 radical (unpaired) electrons. The Morgan fingerprint density at radius 2 is 2.12 bits per heavy atom. The minimum absolute atomic E-state index is 0.169. The summed E-state index contributed by atoms with van der Waals surface area (Å²) in [4.78, 5) is 27.4. The number of ketones is 1. The first kappa shape index (κ1) is 17.4. The summed E-state index contributed by atoms with van der Waals surface area (Å²) in [5.41, 5.74) is 1.00. The molecule has 1 aromatic heterocycles. The van der Waals surface area contributed by atoms with E-state index in [0.717, 1.165) is 14.6 Å². The lowest BCUT2D eigenvalue weighted by Crippen LogP contribution is -2.05. The van der Waals surface area contributed by atoms with Crippen LogP contribution in [0.15, 0.2) is 46.8 Å². The maximum absolute atomic E-state index is 12.4. The van der Waals surface area contributed by atoms with Gasteiger partial charge in [-0.2, -0.15) is 0 Å². The Morgan fingerprint density at radius 1 is 1.32 bits per heavy atom. The predicted molar refractivity (Wildman–Crippen MR) is 98.9 cm³/mol. The van der Waals surface area contributed by atoms with Gasteiger partial charge >= 0.3 is 5.69 Å². The van der Waals surface area contributed by atoms with E-state index >= 15 is 0 Å². The normalized spacial score (nSPS) is 10.8. The molecule has 2 aromatic carbocycles. The fourth-order valence-corrected chi connectivity index (χ4v) is 4.20. The minimum Gasteiger partial charge on any atom is -0.487 e. The number of nitro benzene ring substituents is 1. The number of hydrogen-bond donors (Lipinski definition) is 0. The number of nitrogens with zero attached hydrogens (tertiary/aromatic N) is 2. The molecule has 6 nitrogen and oxygen atoms in total. The number of Topliss-reactive ketones (excluding diaryl/α,β-unsaturated/α-hetero) is 1. The maximum atomic E-state index is 12.4. The second kappa shape index (κ2) is 7.62. The van der Waals surface area contributed by atoms with Crippen molar-refractivity contribution in [2.45, 2.75) is 11.3 Å². The summed E-state index contributed by atoms with van der Waals surface area (Å²) in [7, 11) is 0. The first-order valence-electron chi connectivity index (χ1n) is 7.51. The van der Waals surface area contributed by atoms with Gasteiger partial charge in [0.2, 0.25) is 0 Å². The topological polar surface area (TPSA) is 82.3 Å². The number of thioether (sulfide) groups is 1. The quantitative estimate of drug-likeness (QED) is 0.261. The standard InChI is InChI=1S/C17H14N2O4S2/c1-2-23-15-8-7-11(9-13(15)19(21)22)14(20)10-24-17-18-12-5-3-4-6-16(12)25-17/h3-9H,2,10H2,1H3. The van der Waals surface area contributed by atoms with Gasteiger partial charge in [-0.15, -0.1) is 11.3 Å². The zero-order valence-corrected chi connectivity index (χ0v) is 14.9. The van der Waals surface area contributed by atoms with Crippen molar-refractivity contribution in [3.63, 3.8) is 0 Å². The van der Waals surface area contributed by atoms with Crippen LogP contribution in [0, 0.1) is 10.1 Å². The fraction of sp³-hybridized carbons (Fsp3) is 0.176. The Bertz CT molecular complexity index is 906. The lowest BCUT2D eigenvalue weighted by molar-refractivity contribution is -0.385. The zero-order chi connectivity index (χ0) is 17.8. The molecule has 0 amide bonds. The van der Waals surface area contributed by atoms with Gasteiger partial charge in [-0.05, 0) is 31.2 Å². The number of aromatic nitrogens is 1. The average Bonchev–Trinajstić information content (AvgIpc) is 3.03. The van der Waals surface area contributed by atoms with Gasteiger partial charge in [-0.1, -0.05) is 23.9 Å². The van der Waals surface area contributed by atoms with Crippen LogP contribution < -0.4 is 4.74 Å². The van der Waals surface area contributed by atoms with Gasteiger partial charge in [-0.3, -0.25) is 14.9 Å². The molecule has 0 atom stereocenters. The first-order valence-corrected chi connectivity index (χ1v) is 9.31. The van der Waals surface area contributed by atoms with Crippen LogP contribution in [0.5, 0.6) is 5.75 Å². The van der Waals surface area contributed by atoms with Crippen LogP contribution in [0.4, 0.5) is 5.69 Å². The number of para-hydroxylation sites is 1. The molecular weight excluding hydrogens is 360 g/mol. The smallest absolute Gasteiger partial charge is 0.311 e. The third-order valence-corrected chi connectivity index (χ3v) is 5.56. The van der Waals surface area contributed by atoms with Crippen LogP contribution in [0.25, 0.3) is 10.2 Å². The number of carbonyl (C=O) groups is 1. The minimum atomic E-state index is -0.539. The van der Waals surface area contributed by atoms with Crippen LogP contribution in [0.1, 0.15) is 17.3 Å². The molecule has 1 heterocycles. The summed E-state index contributed by atoms with van der Waals surface area (Å²) in [5.74, 6) is 0.156. The number of carbonyl (C=O) groups excluding carboxylic acids is 1. The molecule has 0 aliphatic rings. The summed E-state index contributed by atoms with van der Waals surface area (Å²) in [6.45, 7) is 2.07. The van der Waals surface area contributed by atoms with Gasteiger partial charge in [0, 0.05) is 11.6 Å². The molecule has 128 valence electrons. The SMILES string of the molecule is CCOc1ccc(C(=O)CSc2nc3ccccc3s2)cc1[N+](=O)[O-]. The number of benzene rings is 2. The van der Waals surface area contributed by atoms with Crippen molar-refractivity contribution in [2.24, 2.45) is 0 Å². The number of hydrogen-bond acceptors (Lipinski definition) is 7. The Balaban J connectivity index is 1.74. The summed E-state index contributed by atoms with van der Waals surface area (Å²) < 4.78 is 7.09. The molecule has 3 aromatic rings. The van der Waals surface area contributed by atoms with E-state index in [1.165, 1.54) is 35.2 Å². The van der Waals surface area contributed by atoms with E-state index < -0.39 is 4.92 Å². The van der Waals surface area contributed by atoms with E-state index in [0.29, 0.717) is 12.2 Å². The third-order valence-electron chi connectivity index (χ3n) is 3.38. The summed E-state index contributed by atoms with van der Waals surface area (Å²) >= 11 is 2.86. The monoisotopic (exact) mass is 374 g/mol. The molecule has 3 rings (SSSR count). The van der Waals surface area contributed by atoms with Crippen LogP contribution in [0.3, 0.4) is 0 Å². The summed E-state index contributed by atoms with van der Waals surface area (Å²) in [6, 6.07) is 12.1. The van der Waals surface area contributed by atoms with Gasteiger partial charge < -0.3 is 4.74 Å². The van der Waals surface area contributed by atoms with Crippen molar-refractivity contribution < 1.29 is 14.5 Å². The molecule has 0 aliphatic carbocycles. The second-order valence-electron chi connectivity index (χ2n) is 5.03. The highest BCUT2D eigenvalue weighted by molar-refractivity contribution is 8.01. The Morgan fingerprint density at radius 3 is 2.84 bits per heavy atom. The van der Waals surface area contributed by atoms with Gasteiger partial charge in [0.25, 0.3) is 0 Å². The second-order valence-corrected chi connectivity index (χ2v) is 7.29. The molecule has 0 bridgehead atoms. The van der Waals surface area contributed by atoms with E-state index in [9.17, 15) is 14.9 Å². The van der Waals surface area contributed by atoms with Crippen LogP contribution in [-0.2, 0) is 0 Å². The number of nitro groups is 1. The molecule has 25 heavy (non-hydrogen) atoms. The Kier molecular flexibility index (Phi) is 5.30. The number of fused-ring (bicyclic) bond motifs is 1. The molecule has 0 N–H and O–H groups in total. The molecule has 0 saturated carbocycles. The van der Waals surface area contributed by atoms with Gasteiger partial charge in [0.15, 0.2) is 15.9 Å². The van der Waals surface area contributed by atoms with E-state index in [1.54, 1.807) is 13.0 Å². The van der Waals surface area contributed by atoms with E-state index in [2.05, 4.69) is 4.98 Å². The van der Waals surface area contributed by atoms with Crippen molar-refractivity contribution >= 4 is 44.8 Å². The third kappa shape index (κ3) is 3.97. The Hall–Kier alpha value is -2.45. The van der Waals surface area contributed by atoms with Gasteiger partial charge in [0.1, 0.15) is 0 Å². The molecule has 8 heteroatoms. The number of ether oxygens (including phenoxy) is 1. The van der Waals surface area contributed by atoms with Gasteiger partial charge in [0.05, 0.1) is 27.5 Å². The molecular formula is C17H14N2O4S2. The van der Waals surface area contributed by atoms with Crippen molar-refractivity contribution in [1.29, 1.82) is 0 Å². The average molecular weight is 374 g/mol. The summed E-state index contributed by atoms with van der Waals surface area (Å²) in [5, 5.41) is 11.2. The van der Waals surface area contributed by atoms with Crippen molar-refractivity contribution in [3.05, 3.63) is 58.1 Å². The maximum Gasteiger partial charge on any atom is 0.311 e. The van der Waals surface area contributed by atoms with E-state index in [4.69, 9.17) is 4.74 Å². The highest BCUT2D eigenvalue weighted by Gasteiger charge is 2.19. The predicted octanol–water partition coefficient (Wildman–Crippen LogP) is 4.58. The van der Waals surface area contributed by atoms with Crippen LogP contribution in [-0.4, -0.2) is 28.1 Å². The number of rotatable bonds is 7. The number of thiazole rings is 1. The van der Waals surface area contributed by atoms with Crippen molar-refractivity contribution in [3.8, 4) is 5.75 Å². The molecule has 0 saturated heterocycles. The van der Waals surface area contributed by atoms with Crippen molar-refractivity contribution in [1.82, 2.24) is 4.98 Å². The van der Waals surface area contributed by atoms with E-state index in [1.807, 2.05) is 24.3 Å². The molecule has 0 aliphatic heterocycles. The fourth-order valence-electron chi connectivity index (χ4n) is 2.23.